The normalized spacial score (nSPS) is 24.0. The van der Waals surface area contributed by atoms with Gasteiger partial charge < -0.3 is 25.0 Å². The molecular formula is C26H29F6N3O3. The number of benzene rings is 2. The maximum absolute atomic E-state index is 13.2. The average molecular weight is 546 g/mol. The van der Waals surface area contributed by atoms with E-state index in [1.54, 1.807) is 14.2 Å². The summed E-state index contributed by atoms with van der Waals surface area (Å²) in [6.07, 6.45) is -7.23. The summed E-state index contributed by atoms with van der Waals surface area (Å²) in [6, 6.07) is 5.73. The van der Waals surface area contributed by atoms with Gasteiger partial charge in [0.1, 0.15) is 0 Å². The van der Waals surface area contributed by atoms with Gasteiger partial charge in [0.25, 0.3) is 0 Å². The third-order valence-electron chi connectivity index (χ3n) is 7.67. The van der Waals surface area contributed by atoms with Gasteiger partial charge in [-0.1, -0.05) is 6.07 Å². The maximum atomic E-state index is 13.2. The molecule has 208 valence electrons. The van der Waals surface area contributed by atoms with Crippen LogP contribution in [0.1, 0.15) is 42.4 Å². The smallest absolute Gasteiger partial charge is 0.416 e. The van der Waals surface area contributed by atoms with Crippen LogP contribution in [-0.4, -0.2) is 50.8 Å². The molecule has 1 aliphatic heterocycles. The first-order valence-electron chi connectivity index (χ1n) is 12.1. The number of carbonyl (C=O) groups excluding carboxylic acids is 1. The first kappa shape index (κ1) is 27.9. The van der Waals surface area contributed by atoms with Crippen molar-refractivity contribution in [1.82, 2.24) is 10.2 Å². The molecular weight excluding hydrogens is 516 g/mol. The van der Waals surface area contributed by atoms with Crippen LogP contribution in [-0.2, 0) is 17.8 Å². The Bertz CT molecular complexity index is 1150. The molecule has 2 amide bonds. The largest absolute Gasteiger partial charge is 0.493 e. The predicted octanol–water partition coefficient (Wildman–Crippen LogP) is 6.06. The molecule has 0 aromatic heterocycles. The number of carbonyl (C=O) groups is 1. The molecule has 1 saturated carbocycles. The van der Waals surface area contributed by atoms with Gasteiger partial charge in [0.05, 0.1) is 25.3 Å². The lowest BCUT2D eigenvalue weighted by Crippen LogP contribution is -2.52. The molecule has 6 nitrogen and oxygen atoms in total. The molecule has 2 fully saturated rings. The van der Waals surface area contributed by atoms with Gasteiger partial charge in [-0.25, -0.2) is 4.79 Å². The quantitative estimate of drug-likeness (QED) is 0.449. The number of hydrogen-bond donors (Lipinski definition) is 2. The Balaban J connectivity index is 1.50. The van der Waals surface area contributed by atoms with E-state index < -0.39 is 35.2 Å². The van der Waals surface area contributed by atoms with Crippen LogP contribution in [0.3, 0.4) is 0 Å². The second-order valence-electron chi connectivity index (χ2n) is 9.84. The Morgan fingerprint density at radius 1 is 0.947 bits per heavy atom. The van der Waals surface area contributed by atoms with E-state index in [4.69, 9.17) is 9.47 Å². The zero-order valence-electron chi connectivity index (χ0n) is 21.1. The third kappa shape index (κ3) is 5.50. The number of hydrogen-bond acceptors (Lipinski definition) is 4. The van der Waals surface area contributed by atoms with E-state index in [-0.39, 0.29) is 23.6 Å². The zero-order chi connectivity index (χ0) is 27.9. The van der Waals surface area contributed by atoms with Gasteiger partial charge in [0.15, 0.2) is 11.5 Å². The fourth-order valence-corrected chi connectivity index (χ4v) is 5.77. The molecule has 1 saturated heterocycles. The summed E-state index contributed by atoms with van der Waals surface area (Å²) in [5.41, 5.74) is -2.67. The molecule has 2 N–H and O–H groups in total. The van der Waals surface area contributed by atoms with Crippen molar-refractivity contribution in [2.24, 2.45) is 0 Å². The summed E-state index contributed by atoms with van der Waals surface area (Å²) >= 11 is 0. The minimum atomic E-state index is -5.00. The van der Waals surface area contributed by atoms with Crippen molar-refractivity contribution >= 4 is 11.7 Å². The van der Waals surface area contributed by atoms with Crippen molar-refractivity contribution in [3.8, 4) is 11.5 Å². The molecule has 2 aromatic rings. The Morgan fingerprint density at radius 3 is 2.16 bits per heavy atom. The summed E-state index contributed by atoms with van der Waals surface area (Å²) in [5, 5.41) is 4.90. The highest BCUT2D eigenvalue weighted by molar-refractivity contribution is 5.89. The molecule has 0 unspecified atom stereocenters. The van der Waals surface area contributed by atoms with Crippen molar-refractivity contribution in [3.05, 3.63) is 53.1 Å². The highest BCUT2D eigenvalue weighted by atomic mass is 19.4. The van der Waals surface area contributed by atoms with Gasteiger partial charge in [-0.3, -0.25) is 0 Å². The Morgan fingerprint density at radius 2 is 1.58 bits per heavy atom. The molecule has 38 heavy (non-hydrogen) atoms. The summed E-state index contributed by atoms with van der Waals surface area (Å²) in [5.74, 6) is 1.23. The highest BCUT2D eigenvalue weighted by Gasteiger charge is 2.50. The number of rotatable bonds is 5. The molecule has 2 aromatic carbocycles. The number of nitrogens with zero attached hydrogens (tertiary/aromatic N) is 1. The second-order valence-corrected chi connectivity index (χ2v) is 9.84. The van der Waals surface area contributed by atoms with Gasteiger partial charge in [0.2, 0.25) is 0 Å². The fraction of sp³-hybridized carbons (Fsp3) is 0.500. The summed E-state index contributed by atoms with van der Waals surface area (Å²) in [4.78, 5) is 14.9. The lowest BCUT2D eigenvalue weighted by molar-refractivity contribution is -0.143. The molecule has 12 heteroatoms. The molecule has 2 aliphatic rings. The van der Waals surface area contributed by atoms with E-state index in [9.17, 15) is 31.1 Å². The van der Waals surface area contributed by atoms with Crippen molar-refractivity contribution in [3.63, 3.8) is 0 Å². The number of anilines is 1. The number of ether oxygens (including phenoxy) is 2. The van der Waals surface area contributed by atoms with Crippen molar-refractivity contribution in [1.29, 1.82) is 0 Å². The first-order valence-corrected chi connectivity index (χ1v) is 12.1. The van der Waals surface area contributed by atoms with Crippen LogP contribution in [0.2, 0.25) is 0 Å². The van der Waals surface area contributed by atoms with E-state index in [1.165, 1.54) is 0 Å². The fourth-order valence-electron chi connectivity index (χ4n) is 5.77. The summed E-state index contributed by atoms with van der Waals surface area (Å²) < 4.78 is 89.8. The van der Waals surface area contributed by atoms with Crippen molar-refractivity contribution in [2.45, 2.75) is 55.5 Å². The molecule has 3 atom stereocenters. The number of nitrogens with one attached hydrogen (secondary N) is 2. The third-order valence-corrected chi connectivity index (χ3v) is 7.67. The lowest BCUT2D eigenvalue weighted by atomic mass is 9.65. The van der Waals surface area contributed by atoms with Crippen molar-refractivity contribution < 1.29 is 40.6 Å². The SMILES string of the molecule is COc1ccc([C@@]23CC[C@@H](NC(=O)Nc4cc(C(F)(F)F)cc(C(F)(F)F)c4)C[C@@H]2N(C)CC3)cc1OC. The van der Waals surface area contributed by atoms with Crippen LogP contribution in [0.5, 0.6) is 11.5 Å². The van der Waals surface area contributed by atoms with Crippen LogP contribution in [0.25, 0.3) is 0 Å². The Hall–Kier alpha value is -3.15. The summed E-state index contributed by atoms with van der Waals surface area (Å²) in [7, 11) is 5.13. The number of methoxy groups -OCH3 is 2. The van der Waals surface area contributed by atoms with Crippen LogP contribution in [0, 0.1) is 0 Å². The van der Waals surface area contributed by atoms with Crippen LogP contribution in [0.4, 0.5) is 36.8 Å². The van der Waals surface area contributed by atoms with Crippen molar-refractivity contribution in [2.75, 3.05) is 33.1 Å². The van der Waals surface area contributed by atoms with Crippen LogP contribution < -0.4 is 20.1 Å². The van der Waals surface area contributed by atoms with Gasteiger partial charge in [0, 0.05) is 23.2 Å². The minimum absolute atomic E-state index is 0.0217. The van der Waals surface area contributed by atoms with E-state index in [2.05, 4.69) is 15.5 Å². The average Bonchev–Trinajstić information content (AvgIpc) is 3.19. The highest BCUT2D eigenvalue weighted by Crippen LogP contribution is 2.50. The van der Waals surface area contributed by atoms with E-state index >= 15 is 0 Å². The van der Waals surface area contributed by atoms with Gasteiger partial charge in [-0.05, 0) is 75.2 Å². The molecule has 0 radical (unpaired) electrons. The predicted molar refractivity (Wildman–Crippen MR) is 128 cm³/mol. The monoisotopic (exact) mass is 545 g/mol. The van der Waals surface area contributed by atoms with Crippen LogP contribution in [0.15, 0.2) is 36.4 Å². The van der Waals surface area contributed by atoms with Crippen LogP contribution >= 0.6 is 0 Å². The number of likely N-dealkylation sites (tertiary alicyclic amines) is 1. The number of halogens is 6. The van der Waals surface area contributed by atoms with Gasteiger partial charge in [-0.2, -0.15) is 26.3 Å². The zero-order valence-corrected chi connectivity index (χ0v) is 21.1. The number of alkyl halides is 6. The molecule has 4 rings (SSSR count). The number of urea groups is 1. The first-order chi connectivity index (χ1) is 17.8. The minimum Gasteiger partial charge on any atom is -0.493 e. The van der Waals surface area contributed by atoms with Gasteiger partial charge >= 0.3 is 18.4 Å². The molecule has 1 heterocycles. The molecule has 0 spiro atoms. The molecule has 1 aliphatic carbocycles. The number of fused-ring (bicyclic) bond motifs is 1. The second kappa shape index (κ2) is 10.2. The maximum Gasteiger partial charge on any atom is 0.416 e. The number of likely N-dealkylation sites (N-methyl/N-ethyl adjacent to an activating group) is 1. The number of amides is 2. The van der Waals surface area contributed by atoms with E-state index in [0.717, 1.165) is 24.9 Å². The van der Waals surface area contributed by atoms with E-state index in [0.29, 0.717) is 36.5 Å². The Kier molecular flexibility index (Phi) is 7.48. The lowest BCUT2D eigenvalue weighted by Gasteiger charge is -2.45. The standard InChI is InChI=1S/C26H29F6N3O3/c1-35-9-8-24(15-4-5-20(37-2)21(13-15)38-3)7-6-18(14-22(24)35)33-23(36)34-19-11-16(25(27,28)29)10-17(12-19)26(30,31)32/h4-5,10-13,18,22H,6-9,14H2,1-3H3,(H2,33,34,36)/t18-,22+,24+/m1/s1. The summed E-state index contributed by atoms with van der Waals surface area (Å²) in [6.45, 7) is 0.836. The van der Waals surface area contributed by atoms with E-state index in [1.807, 2.05) is 25.2 Å². The Labute approximate surface area is 216 Å². The molecule has 0 bridgehead atoms. The topological polar surface area (TPSA) is 62.8 Å². The van der Waals surface area contributed by atoms with Gasteiger partial charge in [-0.15, -0.1) is 0 Å².